The minimum atomic E-state index is -0.574. The zero-order valence-electron chi connectivity index (χ0n) is 20.7. The number of fused-ring (bicyclic) bond motifs is 7. The van der Waals surface area contributed by atoms with Crippen LogP contribution in [0.3, 0.4) is 0 Å². The van der Waals surface area contributed by atoms with E-state index in [0.29, 0.717) is 5.92 Å². The van der Waals surface area contributed by atoms with Gasteiger partial charge in [0.25, 0.3) is 0 Å². The molecule has 2 heterocycles. The average molecular weight is 473 g/mol. The molecule has 2 bridgehead atoms. The molecule has 0 spiro atoms. The number of carbonyl (C=O) groups excluding carboxylic acids is 2. The lowest BCUT2D eigenvalue weighted by Crippen LogP contribution is -2.49. The maximum absolute atomic E-state index is 12.7. The molecule has 1 amide bonds. The SMILES string of the molecule is COC(=O)C[C@@H](NC(=O)OCc1ccccc1)[C@H]1[C@H](C)ON2[C@@H]3[C@H]4CC[C@@](C)([C@@H]3O[C@@H]12)C4(C)C. The topological polar surface area (TPSA) is 86.3 Å². The fourth-order valence-corrected chi connectivity index (χ4v) is 7.05. The van der Waals surface area contributed by atoms with Crippen molar-refractivity contribution in [2.45, 2.75) is 84.1 Å². The number of esters is 1. The van der Waals surface area contributed by atoms with E-state index < -0.39 is 18.1 Å². The highest BCUT2D eigenvalue weighted by atomic mass is 16.8. The minimum absolute atomic E-state index is 0.0184. The third kappa shape index (κ3) is 3.53. The number of alkyl carbamates (subject to hydrolysis) is 1. The zero-order valence-corrected chi connectivity index (χ0v) is 20.7. The number of hydrogen-bond donors (Lipinski definition) is 1. The van der Waals surface area contributed by atoms with Crippen molar-refractivity contribution in [2.75, 3.05) is 7.11 Å². The van der Waals surface area contributed by atoms with Gasteiger partial charge in [0.15, 0.2) is 0 Å². The van der Waals surface area contributed by atoms with Crippen LogP contribution in [0.15, 0.2) is 30.3 Å². The molecule has 2 aliphatic carbocycles. The summed E-state index contributed by atoms with van der Waals surface area (Å²) in [5.41, 5.74) is 1.14. The van der Waals surface area contributed by atoms with Gasteiger partial charge in [-0.2, -0.15) is 5.06 Å². The highest BCUT2D eigenvalue weighted by molar-refractivity contribution is 5.72. The minimum Gasteiger partial charge on any atom is -0.469 e. The fraction of sp³-hybridized carbons (Fsp3) is 0.692. The van der Waals surface area contributed by atoms with Crippen LogP contribution < -0.4 is 5.32 Å². The highest BCUT2D eigenvalue weighted by Gasteiger charge is 2.74. The molecule has 2 saturated carbocycles. The van der Waals surface area contributed by atoms with Gasteiger partial charge < -0.3 is 19.5 Å². The second-order valence-electron chi connectivity index (χ2n) is 11.1. The molecule has 34 heavy (non-hydrogen) atoms. The van der Waals surface area contributed by atoms with Crippen LogP contribution in [0, 0.1) is 22.7 Å². The average Bonchev–Trinajstić information content (AvgIpc) is 3.44. The van der Waals surface area contributed by atoms with Crippen LogP contribution in [0.25, 0.3) is 0 Å². The molecule has 1 aromatic carbocycles. The number of nitrogens with one attached hydrogen (secondary N) is 1. The number of ether oxygens (including phenoxy) is 3. The first-order valence-corrected chi connectivity index (χ1v) is 12.3. The molecule has 0 radical (unpaired) electrons. The monoisotopic (exact) mass is 472 g/mol. The van der Waals surface area contributed by atoms with Crippen molar-refractivity contribution in [1.82, 2.24) is 10.4 Å². The molecule has 0 aromatic heterocycles. The molecular formula is C26H36N2O6. The van der Waals surface area contributed by atoms with Crippen molar-refractivity contribution in [3.63, 3.8) is 0 Å². The van der Waals surface area contributed by atoms with E-state index in [1.54, 1.807) is 0 Å². The van der Waals surface area contributed by atoms with Gasteiger partial charge in [-0.05, 0) is 36.7 Å². The second-order valence-corrected chi connectivity index (χ2v) is 11.1. The maximum Gasteiger partial charge on any atom is 0.407 e. The largest absolute Gasteiger partial charge is 0.469 e. The summed E-state index contributed by atoms with van der Waals surface area (Å²) < 4.78 is 17.1. The summed E-state index contributed by atoms with van der Waals surface area (Å²) in [4.78, 5) is 31.4. The van der Waals surface area contributed by atoms with Crippen molar-refractivity contribution in [2.24, 2.45) is 22.7 Å². The van der Waals surface area contributed by atoms with Gasteiger partial charge in [0.2, 0.25) is 0 Å². The first kappa shape index (κ1) is 23.6. The van der Waals surface area contributed by atoms with Crippen molar-refractivity contribution in [1.29, 1.82) is 0 Å². The predicted molar refractivity (Wildman–Crippen MR) is 123 cm³/mol. The Bertz CT molecular complexity index is 938. The van der Waals surface area contributed by atoms with Gasteiger partial charge in [0.1, 0.15) is 12.8 Å². The third-order valence-corrected chi connectivity index (χ3v) is 9.31. The van der Waals surface area contributed by atoms with E-state index in [9.17, 15) is 9.59 Å². The Morgan fingerprint density at radius 2 is 1.97 bits per heavy atom. The normalized spacial score (nSPS) is 38.3. The van der Waals surface area contributed by atoms with Gasteiger partial charge >= 0.3 is 12.1 Å². The zero-order chi connectivity index (χ0) is 24.3. The number of benzene rings is 1. The lowest BCUT2D eigenvalue weighted by molar-refractivity contribution is -0.193. The van der Waals surface area contributed by atoms with E-state index in [0.717, 1.165) is 18.4 Å². The van der Waals surface area contributed by atoms with Crippen LogP contribution in [-0.4, -0.2) is 54.8 Å². The summed E-state index contributed by atoms with van der Waals surface area (Å²) >= 11 is 0. The van der Waals surface area contributed by atoms with Crippen molar-refractivity contribution < 1.29 is 28.6 Å². The van der Waals surface area contributed by atoms with Gasteiger partial charge in [-0.1, -0.05) is 51.1 Å². The lowest BCUT2D eigenvalue weighted by atomic mass is 9.70. The number of hydroxylamine groups is 2. The number of carbonyl (C=O) groups is 2. The summed E-state index contributed by atoms with van der Waals surface area (Å²) in [6.45, 7) is 9.16. The van der Waals surface area contributed by atoms with Crippen LogP contribution in [0.5, 0.6) is 0 Å². The molecular weight excluding hydrogens is 436 g/mol. The fourth-order valence-electron chi connectivity index (χ4n) is 7.05. The summed E-state index contributed by atoms with van der Waals surface area (Å²) in [6.07, 6.45) is 1.26. The Balaban J connectivity index is 1.33. The molecule has 5 rings (SSSR count). The van der Waals surface area contributed by atoms with Crippen LogP contribution in [0.4, 0.5) is 4.79 Å². The van der Waals surface area contributed by atoms with Crippen LogP contribution in [0.2, 0.25) is 0 Å². The molecule has 8 heteroatoms. The highest BCUT2D eigenvalue weighted by Crippen LogP contribution is 2.70. The molecule has 8 atom stereocenters. The number of rotatable bonds is 6. The van der Waals surface area contributed by atoms with E-state index in [2.05, 4.69) is 26.1 Å². The first-order chi connectivity index (χ1) is 16.2. The molecule has 2 saturated heterocycles. The molecule has 186 valence electrons. The van der Waals surface area contributed by atoms with E-state index in [1.807, 2.05) is 42.3 Å². The Morgan fingerprint density at radius 1 is 1.24 bits per heavy atom. The smallest absolute Gasteiger partial charge is 0.407 e. The first-order valence-electron chi connectivity index (χ1n) is 12.3. The predicted octanol–water partition coefficient (Wildman–Crippen LogP) is 3.65. The van der Waals surface area contributed by atoms with Crippen molar-refractivity contribution in [3.05, 3.63) is 35.9 Å². The van der Waals surface area contributed by atoms with Gasteiger partial charge in [-0.15, -0.1) is 0 Å². The van der Waals surface area contributed by atoms with E-state index in [1.165, 1.54) is 7.11 Å². The van der Waals surface area contributed by atoms with Gasteiger partial charge in [0.05, 0.1) is 37.8 Å². The number of methoxy groups -OCH3 is 1. The van der Waals surface area contributed by atoms with Crippen LogP contribution in [0.1, 0.15) is 52.5 Å². The Kier molecular flexibility index (Phi) is 5.89. The van der Waals surface area contributed by atoms with Crippen molar-refractivity contribution in [3.8, 4) is 0 Å². The van der Waals surface area contributed by atoms with Crippen molar-refractivity contribution >= 4 is 12.1 Å². The Hall–Kier alpha value is -2.16. The van der Waals surface area contributed by atoms with Gasteiger partial charge in [-0.3, -0.25) is 9.63 Å². The van der Waals surface area contributed by atoms with E-state index in [-0.39, 0.29) is 54.3 Å². The molecule has 0 unspecified atom stereocenters. The molecule has 4 aliphatic rings. The molecule has 1 aromatic rings. The second kappa shape index (κ2) is 8.50. The molecule has 8 nitrogen and oxygen atoms in total. The molecule has 1 N–H and O–H groups in total. The van der Waals surface area contributed by atoms with Crippen LogP contribution >= 0.6 is 0 Å². The molecule has 4 fully saturated rings. The summed E-state index contributed by atoms with van der Waals surface area (Å²) in [6, 6.07) is 9.14. The van der Waals surface area contributed by atoms with E-state index in [4.69, 9.17) is 19.0 Å². The van der Waals surface area contributed by atoms with Gasteiger partial charge in [0, 0.05) is 11.3 Å². The van der Waals surface area contributed by atoms with E-state index >= 15 is 0 Å². The van der Waals surface area contributed by atoms with Crippen LogP contribution in [-0.2, 0) is 30.4 Å². The molecule has 2 aliphatic heterocycles. The van der Waals surface area contributed by atoms with Gasteiger partial charge in [-0.25, -0.2) is 4.79 Å². The quantitative estimate of drug-likeness (QED) is 0.633. The standard InChI is InChI=1S/C26H36N2O6/c1-15-20(18(13-19(29)31-5)27-24(30)32-14-16-9-7-6-8-10-16)23-28(34-15)21-17-11-12-26(4,22(21)33-23)25(17,2)3/h6-10,15,17-18,20-23H,11-14H2,1-5H3,(H,27,30)/t15-,17+,18+,20+,21+,22+,23-,26-/m0/s1. The number of hydrogen-bond acceptors (Lipinski definition) is 7. The maximum atomic E-state index is 12.7. The summed E-state index contributed by atoms with van der Waals surface area (Å²) in [7, 11) is 1.35. The summed E-state index contributed by atoms with van der Waals surface area (Å²) in [5.74, 6) is -0.147. The third-order valence-electron chi connectivity index (χ3n) is 9.31. The summed E-state index contributed by atoms with van der Waals surface area (Å²) in [5, 5.41) is 4.96. The number of nitrogens with zero attached hydrogens (tertiary/aromatic N) is 1. The lowest BCUT2D eigenvalue weighted by Gasteiger charge is -2.39. The number of amides is 1. The Morgan fingerprint density at radius 3 is 2.68 bits per heavy atom. The Labute approximate surface area is 201 Å².